The molecule has 3 rings (SSSR count). The molecule has 2 N–H and O–H groups in total. The lowest BCUT2D eigenvalue weighted by atomic mass is 10.0. The molecule has 0 radical (unpaired) electrons. The van der Waals surface area contributed by atoms with Crippen molar-refractivity contribution in [1.29, 1.82) is 0 Å². The SMILES string of the molecule is CC(CNC(=O)c1ccc2nc[nH]c2c1)c1ccccc1. The zero-order valence-corrected chi connectivity index (χ0v) is 11.8. The van der Waals surface area contributed by atoms with Crippen molar-refractivity contribution in [2.75, 3.05) is 6.54 Å². The van der Waals surface area contributed by atoms with E-state index in [9.17, 15) is 4.79 Å². The highest BCUT2D eigenvalue weighted by Gasteiger charge is 2.10. The van der Waals surface area contributed by atoms with Crippen LogP contribution in [0.4, 0.5) is 0 Å². The van der Waals surface area contributed by atoms with E-state index in [1.165, 1.54) is 5.56 Å². The van der Waals surface area contributed by atoms with Crippen LogP contribution < -0.4 is 5.32 Å². The summed E-state index contributed by atoms with van der Waals surface area (Å²) in [6.07, 6.45) is 1.63. The van der Waals surface area contributed by atoms with E-state index in [0.717, 1.165) is 11.0 Å². The van der Waals surface area contributed by atoms with Gasteiger partial charge in [0.1, 0.15) is 0 Å². The summed E-state index contributed by atoms with van der Waals surface area (Å²) in [4.78, 5) is 19.4. The van der Waals surface area contributed by atoms with Crippen molar-refractivity contribution in [3.63, 3.8) is 0 Å². The molecule has 0 fully saturated rings. The van der Waals surface area contributed by atoms with E-state index in [0.29, 0.717) is 12.1 Å². The standard InChI is InChI=1S/C17H17N3O/c1-12(13-5-3-2-4-6-13)10-18-17(21)14-7-8-15-16(9-14)20-11-19-15/h2-9,11-12H,10H2,1H3,(H,18,21)(H,19,20). The first-order chi connectivity index (χ1) is 10.2. The number of rotatable bonds is 4. The van der Waals surface area contributed by atoms with Gasteiger partial charge in [-0.1, -0.05) is 37.3 Å². The van der Waals surface area contributed by atoms with E-state index in [-0.39, 0.29) is 11.8 Å². The Balaban J connectivity index is 1.66. The molecular weight excluding hydrogens is 262 g/mol. The van der Waals surface area contributed by atoms with Crippen LogP contribution in [0.2, 0.25) is 0 Å². The normalized spacial score (nSPS) is 12.2. The lowest BCUT2D eigenvalue weighted by molar-refractivity contribution is 0.0952. The molecule has 1 unspecified atom stereocenters. The summed E-state index contributed by atoms with van der Waals surface area (Å²) in [5.74, 6) is 0.223. The highest BCUT2D eigenvalue weighted by molar-refractivity contribution is 5.97. The van der Waals surface area contributed by atoms with Gasteiger partial charge in [0.25, 0.3) is 5.91 Å². The van der Waals surface area contributed by atoms with Gasteiger partial charge in [0, 0.05) is 12.1 Å². The van der Waals surface area contributed by atoms with E-state index in [1.54, 1.807) is 12.4 Å². The Kier molecular flexibility index (Phi) is 3.69. The van der Waals surface area contributed by atoms with Gasteiger partial charge in [0.05, 0.1) is 17.4 Å². The Morgan fingerprint density at radius 1 is 1.24 bits per heavy atom. The van der Waals surface area contributed by atoms with Gasteiger partial charge in [-0.3, -0.25) is 4.79 Å². The topological polar surface area (TPSA) is 57.8 Å². The largest absolute Gasteiger partial charge is 0.351 e. The summed E-state index contributed by atoms with van der Waals surface area (Å²) < 4.78 is 0. The van der Waals surface area contributed by atoms with Crippen LogP contribution in [0.1, 0.15) is 28.8 Å². The number of aromatic nitrogens is 2. The van der Waals surface area contributed by atoms with Gasteiger partial charge in [0.2, 0.25) is 0 Å². The van der Waals surface area contributed by atoms with Crippen molar-refractivity contribution in [3.05, 3.63) is 66.0 Å². The predicted molar refractivity (Wildman–Crippen MR) is 83.3 cm³/mol. The summed E-state index contributed by atoms with van der Waals surface area (Å²) in [6, 6.07) is 15.6. The Labute approximate surface area is 123 Å². The number of nitrogens with zero attached hydrogens (tertiary/aromatic N) is 1. The summed E-state index contributed by atoms with van der Waals surface area (Å²) >= 11 is 0. The maximum absolute atomic E-state index is 12.2. The first kappa shape index (κ1) is 13.4. The van der Waals surface area contributed by atoms with Crippen LogP contribution in [0.3, 0.4) is 0 Å². The number of H-pyrrole nitrogens is 1. The van der Waals surface area contributed by atoms with E-state index in [4.69, 9.17) is 0 Å². The molecule has 1 amide bonds. The van der Waals surface area contributed by atoms with Crippen molar-refractivity contribution in [2.24, 2.45) is 0 Å². The summed E-state index contributed by atoms with van der Waals surface area (Å²) in [7, 11) is 0. The van der Waals surface area contributed by atoms with Crippen molar-refractivity contribution in [2.45, 2.75) is 12.8 Å². The predicted octanol–water partition coefficient (Wildman–Crippen LogP) is 3.10. The van der Waals surface area contributed by atoms with Crippen molar-refractivity contribution < 1.29 is 4.79 Å². The quantitative estimate of drug-likeness (QED) is 0.771. The fourth-order valence-electron chi connectivity index (χ4n) is 2.32. The van der Waals surface area contributed by atoms with Crippen molar-refractivity contribution >= 4 is 16.9 Å². The first-order valence-corrected chi connectivity index (χ1v) is 7.00. The smallest absolute Gasteiger partial charge is 0.251 e. The number of aromatic amines is 1. The van der Waals surface area contributed by atoms with Crippen molar-refractivity contribution in [3.8, 4) is 0 Å². The molecule has 0 bridgehead atoms. The van der Waals surface area contributed by atoms with Crippen LogP contribution in [-0.2, 0) is 0 Å². The summed E-state index contributed by atoms with van der Waals surface area (Å²) in [5.41, 5.74) is 3.61. The molecular formula is C17H17N3O. The second-order valence-corrected chi connectivity index (χ2v) is 5.16. The minimum Gasteiger partial charge on any atom is -0.351 e. The van der Waals surface area contributed by atoms with Gasteiger partial charge in [-0.05, 0) is 29.7 Å². The van der Waals surface area contributed by atoms with Gasteiger partial charge < -0.3 is 10.3 Å². The van der Waals surface area contributed by atoms with Crippen LogP contribution in [0.25, 0.3) is 11.0 Å². The van der Waals surface area contributed by atoms with Gasteiger partial charge in [0.15, 0.2) is 0 Å². The maximum Gasteiger partial charge on any atom is 0.251 e. The third-order valence-corrected chi connectivity index (χ3v) is 3.62. The Morgan fingerprint density at radius 3 is 2.86 bits per heavy atom. The average Bonchev–Trinajstić information content (AvgIpc) is 3.00. The molecule has 0 saturated heterocycles. The van der Waals surface area contributed by atoms with Crippen LogP contribution in [0.5, 0.6) is 0 Å². The molecule has 1 atom stereocenters. The Hall–Kier alpha value is -2.62. The molecule has 21 heavy (non-hydrogen) atoms. The Bertz CT molecular complexity index is 749. The number of hydrogen-bond donors (Lipinski definition) is 2. The number of fused-ring (bicyclic) bond motifs is 1. The Morgan fingerprint density at radius 2 is 2.05 bits per heavy atom. The number of hydrogen-bond acceptors (Lipinski definition) is 2. The molecule has 2 aromatic carbocycles. The highest BCUT2D eigenvalue weighted by Crippen LogP contribution is 2.14. The molecule has 1 aromatic heterocycles. The monoisotopic (exact) mass is 279 g/mol. The van der Waals surface area contributed by atoms with Crippen LogP contribution in [0, 0.1) is 0 Å². The van der Waals surface area contributed by atoms with E-state index in [1.807, 2.05) is 30.3 Å². The molecule has 0 spiro atoms. The van der Waals surface area contributed by atoms with Crippen LogP contribution in [0.15, 0.2) is 54.9 Å². The van der Waals surface area contributed by atoms with Crippen molar-refractivity contribution in [1.82, 2.24) is 15.3 Å². The van der Waals surface area contributed by atoms with Gasteiger partial charge in [-0.2, -0.15) is 0 Å². The van der Waals surface area contributed by atoms with Crippen LogP contribution in [-0.4, -0.2) is 22.4 Å². The second kappa shape index (κ2) is 5.79. The third-order valence-electron chi connectivity index (χ3n) is 3.62. The van der Waals surface area contributed by atoms with Gasteiger partial charge in [-0.15, -0.1) is 0 Å². The minimum atomic E-state index is -0.0609. The summed E-state index contributed by atoms with van der Waals surface area (Å²) in [6.45, 7) is 2.72. The number of nitrogens with one attached hydrogen (secondary N) is 2. The van der Waals surface area contributed by atoms with Gasteiger partial charge in [-0.25, -0.2) is 4.98 Å². The fourth-order valence-corrected chi connectivity index (χ4v) is 2.32. The van der Waals surface area contributed by atoms with Gasteiger partial charge >= 0.3 is 0 Å². The first-order valence-electron chi connectivity index (χ1n) is 7.00. The molecule has 1 heterocycles. The lowest BCUT2D eigenvalue weighted by Crippen LogP contribution is -2.27. The van der Waals surface area contributed by atoms with Crippen LogP contribution >= 0.6 is 0 Å². The molecule has 106 valence electrons. The number of imidazole rings is 1. The number of carbonyl (C=O) groups excluding carboxylic acids is 1. The molecule has 4 heteroatoms. The number of amides is 1. The van der Waals surface area contributed by atoms with E-state index in [2.05, 4.69) is 34.3 Å². The zero-order chi connectivity index (χ0) is 14.7. The number of benzene rings is 2. The lowest BCUT2D eigenvalue weighted by Gasteiger charge is -2.13. The molecule has 3 aromatic rings. The fraction of sp³-hybridized carbons (Fsp3) is 0.176. The van der Waals surface area contributed by atoms with E-state index < -0.39 is 0 Å². The molecule has 0 aliphatic rings. The second-order valence-electron chi connectivity index (χ2n) is 5.16. The molecule has 0 aliphatic heterocycles. The zero-order valence-electron chi connectivity index (χ0n) is 11.8. The maximum atomic E-state index is 12.2. The molecule has 0 saturated carbocycles. The summed E-state index contributed by atoms with van der Waals surface area (Å²) in [5, 5.41) is 2.98. The molecule has 4 nitrogen and oxygen atoms in total. The third kappa shape index (κ3) is 2.94. The average molecular weight is 279 g/mol. The highest BCUT2D eigenvalue weighted by atomic mass is 16.1. The van der Waals surface area contributed by atoms with E-state index >= 15 is 0 Å². The minimum absolute atomic E-state index is 0.0609. The molecule has 0 aliphatic carbocycles. The number of carbonyl (C=O) groups is 1.